The molecule has 2 aromatic heterocycles. The fraction of sp³-hybridized carbons (Fsp3) is 0. The molecule has 9 aromatic carbocycles. The highest BCUT2D eigenvalue weighted by atomic mass is 15.0. The zero-order valence-corrected chi connectivity index (χ0v) is 28.1. The van der Waals surface area contributed by atoms with E-state index < -0.39 is 0 Å². The van der Waals surface area contributed by atoms with Crippen molar-refractivity contribution in [3.63, 3.8) is 0 Å². The van der Waals surface area contributed by atoms with Crippen LogP contribution in [0.4, 0.5) is 0 Å². The number of rotatable bonds is 3. The van der Waals surface area contributed by atoms with Crippen LogP contribution < -0.4 is 5.46 Å². The molecule has 51 heavy (non-hydrogen) atoms. The van der Waals surface area contributed by atoms with Gasteiger partial charge in [-0.05, 0) is 98.0 Å². The molecule has 0 N–H and O–H groups in total. The predicted molar refractivity (Wildman–Crippen MR) is 221 cm³/mol. The molecule has 0 aliphatic carbocycles. The van der Waals surface area contributed by atoms with Crippen LogP contribution in [0, 0.1) is 0 Å². The van der Waals surface area contributed by atoms with Crippen molar-refractivity contribution < 1.29 is 0 Å². The highest BCUT2D eigenvalue weighted by molar-refractivity contribution is 6.34. The van der Waals surface area contributed by atoms with Crippen LogP contribution in [0.3, 0.4) is 0 Å². The highest BCUT2D eigenvalue weighted by Crippen LogP contribution is 2.42. The van der Waals surface area contributed by atoms with Crippen molar-refractivity contribution in [1.29, 1.82) is 0 Å². The van der Waals surface area contributed by atoms with Crippen molar-refractivity contribution in [2.75, 3.05) is 0 Å². The minimum atomic E-state index is 1.17. The van der Waals surface area contributed by atoms with Crippen LogP contribution in [0.25, 0.3) is 98.4 Å². The third-order valence-corrected chi connectivity index (χ3v) is 10.9. The Morgan fingerprint density at radius 2 is 0.863 bits per heavy atom. The monoisotopic (exact) mass is 646 g/mol. The molecule has 0 spiro atoms. The Balaban J connectivity index is 1.18. The SMILES string of the molecule is Bc1ccc2c(c1)c1cc(-c3cccc4c3c3ccccc3n4-c3ccc4c5ccccc5c5ccccc5c4c3)ccc1n2-c1ccccc1. The van der Waals surface area contributed by atoms with Gasteiger partial charge in [0.25, 0.3) is 0 Å². The molecule has 0 saturated heterocycles. The van der Waals surface area contributed by atoms with Gasteiger partial charge < -0.3 is 9.13 Å². The number of benzene rings is 9. The van der Waals surface area contributed by atoms with Gasteiger partial charge in [0.1, 0.15) is 7.85 Å². The fourth-order valence-electron chi connectivity index (χ4n) is 8.73. The second-order valence-corrected chi connectivity index (χ2v) is 13.8. The number of hydrogen-bond acceptors (Lipinski definition) is 0. The van der Waals surface area contributed by atoms with E-state index in [9.17, 15) is 0 Å². The van der Waals surface area contributed by atoms with Gasteiger partial charge in [-0.25, -0.2) is 0 Å². The molecule has 0 aliphatic heterocycles. The Morgan fingerprint density at radius 3 is 1.61 bits per heavy atom. The number of nitrogens with zero attached hydrogens (tertiary/aromatic N) is 2. The second kappa shape index (κ2) is 10.7. The predicted octanol–water partition coefficient (Wildman–Crippen LogP) is 11.3. The summed E-state index contributed by atoms with van der Waals surface area (Å²) in [4.78, 5) is 0. The zero-order valence-electron chi connectivity index (χ0n) is 28.1. The van der Waals surface area contributed by atoms with Gasteiger partial charge in [-0.2, -0.15) is 0 Å². The number of aromatic nitrogens is 2. The molecule has 0 radical (unpaired) electrons. The van der Waals surface area contributed by atoms with E-state index >= 15 is 0 Å². The molecule has 0 saturated carbocycles. The second-order valence-electron chi connectivity index (χ2n) is 13.8. The lowest BCUT2D eigenvalue weighted by atomic mass is 9.93. The maximum absolute atomic E-state index is 2.46. The van der Waals surface area contributed by atoms with Gasteiger partial charge >= 0.3 is 0 Å². The Bertz CT molecular complexity index is 3170. The summed E-state index contributed by atoms with van der Waals surface area (Å²) in [6.07, 6.45) is 0. The van der Waals surface area contributed by atoms with E-state index in [1.54, 1.807) is 0 Å². The third kappa shape index (κ3) is 4.06. The summed E-state index contributed by atoms with van der Waals surface area (Å²) in [6.45, 7) is 0. The van der Waals surface area contributed by atoms with Gasteiger partial charge in [0.2, 0.25) is 0 Å². The van der Waals surface area contributed by atoms with Crippen LogP contribution >= 0.6 is 0 Å². The first kappa shape index (κ1) is 28.3. The van der Waals surface area contributed by atoms with Crippen molar-refractivity contribution >= 4 is 89.2 Å². The van der Waals surface area contributed by atoms with Crippen LogP contribution in [-0.2, 0) is 0 Å². The lowest BCUT2D eigenvalue weighted by molar-refractivity contribution is 1.18. The molecule has 0 bridgehead atoms. The quantitative estimate of drug-likeness (QED) is 0.134. The molecule has 11 aromatic rings. The number of fused-ring (bicyclic) bond motifs is 12. The van der Waals surface area contributed by atoms with Crippen LogP contribution in [0.15, 0.2) is 176 Å². The van der Waals surface area contributed by atoms with Crippen molar-refractivity contribution in [2.45, 2.75) is 0 Å². The maximum Gasteiger partial charge on any atom is 0.139 e. The first-order valence-electron chi connectivity index (χ1n) is 17.7. The van der Waals surface area contributed by atoms with Crippen molar-refractivity contribution in [1.82, 2.24) is 9.13 Å². The van der Waals surface area contributed by atoms with E-state index in [1.165, 1.54) is 104 Å². The van der Waals surface area contributed by atoms with Gasteiger partial charge in [-0.1, -0.05) is 127 Å². The molecule has 11 rings (SSSR count). The third-order valence-electron chi connectivity index (χ3n) is 10.9. The normalized spacial score (nSPS) is 12.0. The van der Waals surface area contributed by atoms with Crippen LogP contribution in [0.5, 0.6) is 0 Å². The van der Waals surface area contributed by atoms with E-state index in [2.05, 4.69) is 193 Å². The molecule has 0 fully saturated rings. The minimum Gasteiger partial charge on any atom is -0.309 e. The standard InChI is InChI=1S/C48H31BN2/c49-31-22-26-46-43(28-31)42-27-30(21-25-45(42)50(46)32-11-2-1-3-12-32)34-18-10-20-47-48(34)40-17-8-9-19-44(40)51(47)33-23-24-39-37-15-5-4-13-35(37)36-14-6-7-16-38(36)41(39)29-33/h1-29H,49H2. The molecule has 0 unspecified atom stereocenters. The van der Waals surface area contributed by atoms with Crippen LogP contribution in [-0.4, -0.2) is 17.0 Å². The van der Waals surface area contributed by atoms with Gasteiger partial charge in [0, 0.05) is 32.9 Å². The van der Waals surface area contributed by atoms with Crippen LogP contribution in [0.1, 0.15) is 0 Å². The molecule has 3 heteroatoms. The smallest absolute Gasteiger partial charge is 0.139 e. The largest absolute Gasteiger partial charge is 0.309 e. The molecule has 236 valence electrons. The summed E-state index contributed by atoms with van der Waals surface area (Å²) in [5, 5.41) is 12.8. The first-order chi connectivity index (χ1) is 25.2. The molecule has 2 nitrogen and oxygen atoms in total. The van der Waals surface area contributed by atoms with Crippen molar-refractivity contribution in [3.05, 3.63) is 176 Å². The Morgan fingerprint density at radius 1 is 0.314 bits per heavy atom. The lowest BCUT2D eigenvalue weighted by Gasteiger charge is -2.14. The molecule has 0 aliphatic rings. The average molecular weight is 647 g/mol. The molecule has 0 atom stereocenters. The summed E-state index contributed by atoms with van der Waals surface area (Å²) in [5.74, 6) is 0. The molecular weight excluding hydrogens is 615 g/mol. The van der Waals surface area contributed by atoms with E-state index in [-0.39, 0.29) is 0 Å². The Kier molecular flexibility index (Phi) is 5.94. The van der Waals surface area contributed by atoms with Crippen LogP contribution in [0.2, 0.25) is 0 Å². The van der Waals surface area contributed by atoms with E-state index in [1.807, 2.05) is 0 Å². The van der Waals surface area contributed by atoms with Gasteiger partial charge in [-0.3, -0.25) is 0 Å². The van der Waals surface area contributed by atoms with Crippen molar-refractivity contribution in [3.8, 4) is 22.5 Å². The number of hydrogen-bond donors (Lipinski definition) is 0. The summed E-state index contributed by atoms with van der Waals surface area (Å²) in [6, 6.07) is 64.9. The first-order valence-corrected chi connectivity index (χ1v) is 17.7. The summed E-state index contributed by atoms with van der Waals surface area (Å²) >= 11 is 0. The Labute approximate surface area is 295 Å². The summed E-state index contributed by atoms with van der Waals surface area (Å²) in [5.41, 5.74) is 10.9. The Hall–Kier alpha value is -6.58. The van der Waals surface area contributed by atoms with E-state index in [0.717, 1.165) is 0 Å². The minimum absolute atomic E-state index is 1.17. The molecule has 0 amide bonds. The summed E-state index contributed by atoms with van der Waals surface area (Å²) in [7, 11) is 2.18. The van der Waals surface area contributed by atoms with Crippen molar-refractivity contribution in [2.24, 2.45) is 0 Å². The van der Waals surface area contributed by atoms with E-state index in [4.69, 9.17) is 0 Å². The maximum atomic E-state index is 2.46. The molecular formula is C48H31BN2. The van der Waals surface area contributed by atoms with Gasteiger partial charge in [0.15, 0.2) is 0 Å². The van der Waals surface area contributed by atoms with Gasteiger partial charge in [0.05, 0.1) is 22.1 Å². The highest BCUT2D eigenvalue weighted by Gasteiger charge is 2.19. The number of para-hydroxylation sites is 2. The summed E-state index contributed by atoms with van der Waals surface area (Å²) < 4.78 is 4.85. The molecule has 2 heterocycles. The van der Waals surface area contributed by atoms with E-state index in [0.29, 0.717) is 0 Å². The topological polar surface area (TPSA) is 9.86 Å². The lowest BCUT2D eigenvalue weighted by Crippen LogP contribution is -2.00. The average Bonchev–Trinajstić information content (AvgIpc) is 3.70. The fourth-order valence-corrected chi connectivity index (χ4v) is 8.73. The zero-order chi connectivity index (χ0) is 33.6. The van der Waals surface area contributed by atoms with Gasteiger partial charge in [-0.15, -0.1) is 0 Å².